The smallest absolute Gasteiger partial charge is 0.247 e. The Morgan fingerprint density at radius 2 is 1.77 bits per heavy atom. The summed E-state index contributed by atoms with van der Waals surface area (Å²) in [6, 6.07) is 6.78. The maximum absolute atomic E-state index is 14.6. The van der Waals surface area contributed by atoms with Gasteiger partial charge in [0.2, 0.25) is 17.7 Å². The zero-order valence-electron chi connectivity index (χ0n) is 26.5. The van der Waals surface area contributed by atoms with E-state index in [1.807, 2.05) is 56.9 Å². The number of aliphatic hydroxyl groups excluding tert-OH is 1. The molecule has 43 heavy (non-hydrogen) atoms. The summed E-state index contributed by atoms with van der Waals surface area (Å²) in [5, 5.41) is 9.33. The van der Waals surface area contributed by atoms with Crippen molar-refractivity contribution in [2.24, 2.45) is 11.8 Å². The number of unbranched alkanes of at least 4 members (excludes halogenated alkanes) is 2. The molecule has 0 radical (unpaired) electrons. The molecule has 2 bridgehead atoms. The number of fused-ring (bicyclic) bond motifs is 1. The maximum atomic E-state index is 14.6. The van der Waals surface area contributed by atoms with Crippen LogP contribution in [0.3, 0.4) is 0 Å². The Hall–Kier alpha value is -2.78. The van der Waals surface area contributed by atoms with E-state index in [0.29, 0.717) is 45.5 Å². The van der Waals surface area contributed by atoms with Gasteiger partial charge in [-0.15, -0.1) is 24.9 Å². The molecule has 0 aliphatic carbocycles. The average molecular weight is 612 g/mol. The van der Waals surface area contributed by atoms with Crippen molar-refractivity contribution in [2.45, 2.75) is 87.8 Å². The maximum Gasteiger partial charge on any atom is 0.247 e. The van der Waals surface area contributed by atoms with Gasteiger partial charge in [-0.2, -0.15) is 0 Å². The fourth-order valence-electron chi connectivity index (χ4n) is 7.37. The van der Waals surface area contributed by atoms with Crippen molar-refractivity contribution >= 4 is 35.2 Å². The molecule has 3 saturated heterocycles. The van der Waals surface area contributed by atoms with Crippen LogP contribution in [0.5, 0.6) is 5.75 Å². The van der Waals surface area contributed by atoms with Crippen molar-refractivity contribution in [1.29, 1.82) is 0 Å². The van der Waals surface area contributed by atoms with Gasteiger partial charge in [0.25, 0.3) is 0 Å². The molecule has 1 aromatic rings. The molecule has 8 nitrogen and oxygen atoms in total. The number of ether oxygens (including phenoxy) is 1. The van der Waals surface area contributed by atoms with Crippen molar-refractivity contribution < 1.29 is 24.2 Å². The quantitative estimate of drug-likeness (QED) is 0.234. The highest BCUT2D eigenvalue weighted by molar-refractivity contribution is 8.02. The molecule has 5 atom stereocenters. The predicted octanol–water partition coefficient (Wildman–Crippen LogP) is 5.06. The van der Waals surface area contributed by atoms with Gasteiger partial charge in [0.15, 0.2) is 0 Å². The first-order valence-corrected chi connectivity index (χ1v) is 16.4. The zero-order chi connectivity index (χ0) is 31.6. The Morgan fingerprint density at radius 3 is 2.35 bits per heavy atom. The summed E-state index contributed by atoms with van der Waals surface area (Å²) >= 11 is 1.69. The van der Waals surface area contributed by atoms with Gasteiger partial charge in [-0.25, -0.2) is 0 Å². The highest BCUT2D eigenvalue weighted by Gasteiger charge is 2.77. The Balaban J connectivity index is 1.76. The molecule has 3 amide bonds. The number of likely N-dealkylation sites (tertiary alicyclic amines) is 1. The van der Waals surface area contributed by atoms with E-state index < -0.39 is 32.9 Å². The molecule has 9 heteroatoms. The third kappa shape index (κ3) is 5.99. The Morgan fingerprint density at radius 1 is 1.09 bits per heavy atom. The van der Waals surface area contributed by atoms with Crippen LogP contribution in [0.25, 0.3) is 0 Å². The van der Waals surface area contributed by atoms with Gasteiger partial charge < -0.3 is 24.5 Å². The van der Waals surface area contributed by atoms with Crippen molar-refractivity contribution in [3.8, 4) is 5.75 Å². The van der Waals surface area contributed by atoms with Crippen LogP contribution in [0.15, 0.2) is 49.6 Å². The van der Waals surface area contributed by atoms with Crippen molar-refractivity contribution in [3.63, 3.8) is 0 Å². The van der Waals surface area contributed by atoms with E-state index in [4.69, 9.17) is 4.74 Å². The zero-order valence-corrected chi connectivity index (χ0v) is 27.3. The van der Waals surface area contributed by atoms with Crippen molar-refractivity contribution in [3.05, 3.63) is 49.6 Å². The molecule has 0 aromatic heterocycles. The number of nitrogens with zero attached hydrogens (tertiary/aromatic N) is 3. The number of hydrogen-bond acceptors (Lipinski definition) is 6. The van der Waals surface area contributed by atoms with E-state index in [1.165, 1.54) is 0 Å². The van der Waals surface area contributed by atoms with Crippen LogP contribution >= 0.6 is 11.8 Å². The normalized spacial score (nSPS) is 27.6. The van der Waals surface area contributed by atoms with Gasteiger partial charge in [0, 0.05) is 42.2 Å². The SMILES string of the molecule is C=CCN(C(=O)[C@H]1[C@H]2C(=O)N(CCCCCO)C(C(=O)N(CC=C)C(C)(C)C)C23CC[C@]1(C)S3)c1ccc(OCC)cc1. The summed E-state index contributed by atoms with van der Waals surface area (Å²) in [4.78, 5) is 49.1. The summed E-state index contributed by atoms with van der Waals surface area (Å²) in [5.74, 6) is -0.738. The van der Waals surface area contributed by atoms with Crippen molar-refractivity contribution in [1.82, 2.24) is 9.80 Å². The fraction of sp³-hybridized carbons (Fsp3) is 0.618. The molecule has 236 valence electrons. The number of carbonyl (C=O) groups is 3. The van der Waals surface area contributed by atoms with Gasteiger partial charge >= 0.3 is 0 Å². The lowest BCUT2D eigenvalue weighted by molar-refractivity contribution is -0.145. The summed E-state index contributed by atoms with van der Waals surface area (Å²) in [5.41, 5.74) is 0.253. The van der Waals surface area contributed by atoms with Crippen LogP contribution in [0.1, 0.15) is 66.7 Å². The lowest BCUT2D eigenvalue weighted by Crippen LogP contribution is -2.59. The fourth-order valence-corrected chi connectivity index (χ4v) is 9.72. The minimum Gasteiger partial charge on any atom is -0.494 e. The lowest BCUT2D eigenvalue weighted by Gasteiger charge is -2.42. The summed E-state index contributed by atoms with van der Waals surface area (Å²) < 4.78 is 4.44. The van der Waals surface area contributed by atoms with Crippen LogP contribution in [-0.2, 0) is 14.4 Å². The molecule has 4 rings (SSSR count). The van der Waals surface area contributed by atoms with E-state index >= 15 is 0 Å². The number of benzene rings is 1. The standard InChI is InChI=1S/C34H49N3O5S/c1-8-20-35(24-14-16-25(17-15-24)42-10-3)29(39)26-27-30(40)36(22-12-11-13-23-38)28(34(27)19-18-33(26,7)43-34)31(41)37(21-9-2)32(4,5)6/h8-9,14-17,26-28,38H,1-2,10-13,18-23H2,3-7H3/t26-,27+,28?,33+,34?/m1/s1. The van der Waals surface area contributed by atoms with Crippen LogP contribution in [0.2, 0.25) is 0 Å². The van der Waals surface area contributed by atoms with E-state index in [9.17, 15) is 19.5 Å². The first-order chi connectivity index (χ1) is 20.4. The van der Waals surface area contributed by atoms with Crippen LogP contribution in [0, 0.1) is 11.8 Å². The summed E-state index contributed by atoms with van der Waals surface area (Å²) in [6.07, 6.45) is 6.98. The van der Waals surface area contributed by atoms with Gasteiger partial charge in [0.05, 0.1) is 23.2 Å². The molecule has 3 fully saturated rings. The van der Waals surface area contributed by atoms with Gasteiger partial charge in [0.1, 0.15) is 11.8 Å². The highest BCUT2D eigenvalue weighted by Crippen LogP contribution is 2.71. The molecule has 1 N–H and O–H groups in total. The van der Waals surface area contributed by atoms with Crippen LogP contribution in [0.4, 0.5) is 5.69 Å². The summed E-state index contributed by atoms with van der Waals surface area (Å²) in [6.45, 7) is 19.6. The Kier molecular flexibility index (Phi) is 10.1. The van der Waals surface area contributed by atoms with Crippen molar-refractivity contribution in [2.75, 3.05) is 37.7 Å². The number of aliphatic hydroxyl groups is 1. The van der Waals surface area contributed by atoms with E-state index in [-0.39, 0.29) is 24.3 Å². The van der Waals surface area contributed by atoms with E-state index in [2.05, 4.69) is 20.1 Å². The largest absolute Gasteiger partial charge is 0.494 e. The van der Waals surface area contributed by atoms with Crippen LogP contribution < -0.4 is 9.64 Å². The molecule has 3 aliphatic heterocycles. The molecule has 1 spiro atoms. The Labute approximate surface area is 261 Å². The predicted molar refractivity (Wildman–Crippen MR) is 173 cm³/mol. The van der Waals surface area contributed by atoms with Crippen LogP contribution in [-0.4, -0.2) is 86.6 Å². The summed E-state index contributed by atoms with van der Waals surface area (Å²) in [7, 11) is 0. The van der Waals surface area contributed by atoms with Gasteiger partial charge in [-0.05, 0) is 91.0 Å². The lowest BCUT2D eigenvalue weighted by atomic mass is 9.66. The monoisotopic (exact) mass is 611 g/mol. The third-order valence-electron chi connectivity index (χ3n) is 9.26. The minimum atomic E-state index is -0.691. The van der Waals surface area contributed by atoms with E-state index in [0.717, 1.165) is 24.3 Å². The number of thioether (sulfide) groups is 1. The first-order valence-electron chi connectivity index (χ1n) is 15.6. The third-order valence-corrected chi connectivity index (χ3v) is 11.2. The second kappa shape index (κ2) is 13.1. The number of hydrogen-bond donors (Lipinski definition) is 1. The Bertz CT molecular complexity index is 1210. The van der Waals surface area contributed by atoms with E-state index in [1.54, 1.807) is 33.7 Å². The molecular formula is C34H49N3O5S. The number of rotatable bonds is 14. The highest BCUT2D eigenvalue weighted by atomic mass is 32.2. The second-order valence-electron chi connectivity index (χ2n) is 13.1. The molecule has 3 heterocycles. The molecular weight excluding hydrogens is 562 g/mol. The number of anilines is 1. The molecule has 3 aliphatic rings. The average Bonchev–Trinajstić information content (AvgIpc) is 3.52. The first kappa shape index (κ1) is 33.1. The molecule has 2 unspecified atom stereocenters. The number of carbonyl (C=O) groups excluding carboxylic acids is 3. The molecule has 0 saturated carbocycles. The minimum absolute atomic E-state index is 0.0790. The molecule has 1 aromatic carbocycles. The number of amides is 3. The second-order valence-corrected chi connectivity index (χ2v) is 15.0. The van der Waals surface area contributed by atoms with Gasteiger partial charge in [-0.1, -0.05) is 12.2 Å². The topological polar surface area (TPSA) is 90.4 Å². The van der Waals surface area contributed by atoms with Gasteiger partial charge in [-0.3, -0.25) is 14.4 Å².